The van der Waals surface area contributed by atoms with E-state index >= 15 is 0 Å². The van der Waals surface area contributed by atoms with E-state index < -0.39 is 12.1 Å². The summed E-state index contributed by atoms with van der Waals surface area (Å²) < 4.78 is 5.17. The predicted molar refractivity (Wildman–Crippen MR) is 112 cm³/mol. The molecule has 2 aromatic carbocycles. The third kappa shape index (κ3) is 3.57. The SMILES string of the molecule is CC(=O)O[C@@H](C)C(=O)N1N=C2c3cc(C)ccc3CC[C@@H]2[C@@H]1c1ccc(C)cc1. The molecule has 1 amide bonds. The molecule has 150 valence electrons. The number of hydrogen-bond donors (Lipinski definition) is 0. The highest BCUT2D eigenvalue weighted by molar-refractivity contribution is 6.07. The van der Waals surface area contributed by atoms with Gasteiger partial charge in [0.05, 0.1) is 11.8 Å². The summed E-state index contributed by atoms with van der Waals surface area (Å²) in [4.78, 5) is 24.6. The largest absolute Gasteiger partial charge is 0.453 e. The second-order valence-corrected chi connectivity index (χ2v) is 8.08. The highest BCUT2D eigenvalue weighted by atomic mass is 16.5. The molecule has 0 bridgehead atoms. The molecule has 0 saturated carbocycles. The summed E-state index contributed by atoms with van der Waals surface area (Å²) in [5.41, 5.74) is 6.77. The highest BCUT2D eigenvalue weighted by Gasteiger charge is 2.45. The molecule has 1 aliphatic carbocycles. The van der Waals surface area contributed by atoms with E-state index in [1.165, 1.54) is 23.6 Å². The molecule has 0 aromatic heterocycles. The van der Waals surface area contributed by atoms with Crippen molar-refractivity contribution in [1.82, 2.24) is 5.01 Å². The molecule has 0 unspecified atom stereocenters. The van der Waals surface area contributed by atoms with Crippen LogP contribution in [0, 0.1) is 19.8 Å². The van der Waals surface area contributed by atoms with Gasteiger partial charge in [-0.25, -0.2) is 5.01 Å². The summed E-state index contributed by atoms with van der Waals surface area (Å²) in [7, 11) is 0. The molecule has 5 nitrogen and oxygen atoms in total. The maximum Gasteiger partial charge on any atom is 0.303 e. The molecule has 4 rings (SSSR count). The number of ether oxygens (including phenoxy) is 1. The number of aryl methyl sites for hydroxylation is 3. The van der Waals surface area contributed by atoms with Gasteiger partial charge in [-0.05, 0) is 50.8 Å². The van der Waals surface area contributed by atoms with Crippen molar-refractivity contribution in [1.29, 1.82) is 0 Å². The van der Waals surface area contributed by atoms with E-state index in [0.29, 0.717) is 0 Å². The number of hydrogen-bond acceptors (Lipinski definition) is 4. The molecule has 1 aliphatic heterocycles. The molecule has 2 aliphatic rings. The first-order valence-electron chi connectivity index (χ1n) is 10.1. The molecule has 0 spiro atoms. The molecule has 29 heavy (non-hydrogen) atoms. The van der Waals surface area contributed by atoms with Crippen LogP contribution in [0.5, 0.6) is 0 Å². The van der Waals surface area contributed by atoms with E-state index in [9.17, 15) is 9.59 Å². The van der Waals surface area contributed by atoms with Gasteiger partial charge in [0.1, 0.15) is 0 Å². The number of carbonyl (C=O) groups is 2. The number of carbonyl (C=O) groups excluding carboxylic acids is 2. The number of esters is 1. The lowest BCUT2D eigenvalue weighted by molar-refractivity contribution is -0.158. The van der Waals surface area contributed by atoms with E-state index in [1.54, 1.807) is 11.9 Å². The van der Waals surface area contributed by atoms with Crippen molar-refractivity contribution in [2.24, 2.45) is 11.0 Å². The summed E-state index contributed by atoms with van der Waals surface area (Å²) in [6, 6.07) is 14.5. The topological polar surface area (TPSA) is 59.0 Å². The zero-order chi connectivity index (χ0) is 20.7. The Balaban J connectivity index is 1.78. The summed E-state index contributed by atoms with van der Waals surface area (Å²) in [5.74, 6) is -0.634. The van der Waals surface area contributed by atoms with Crippen molar-refractivity contribution in [2.45, 2.75) is 52.7 Å². The Hall–Kier alpha value is -2.95. The molecular weight excluding hydrogens is 364 g/mol. The third-order valence-electron chi connectivity index (χ3n) is 5.81. The van der Waals surface area contributed by atoms with Crippen molar-refractivity contribution >= 4 is 17.6 Å². The Morgan fingerprint density at radius 2 is 1.79 bits per heavy atom. The van der Waals surface area contributed by atoms with Crippen molar-refractivity contribution in [3.63, 3.8) is 0 Å². The quantitative estimate of drug-likeness (QED) is 0.741. The van der Waals surface area contributed by atoms with Crippen molar-refractivity contribution in [2.75, 3.05) is 0 Å². The van der Waals surface area contributed by atoms with Gasteiger partial charge in [-0.1, -0.05) is 47.5 Å². The number of nitrogens with zero attached hydrogens (tertiary/aromatic N) is 2. The fourth-order valence-electron chi connectivity index (χ4n) is 4.39. The fourth-order valence-corrected chi connectivity index (χ4v) is 4.39. The van der Waals surface area contributed by atoms with E-state index in [0.717, 1.165) is 29.7 Å². The molecule has 3 atom stereocenters. The standard InChI is InChI=1S/C24H26N2O3/c1-14-5-9-19(10-6-14)23-20-12-11-18-8-7-15(2)13-21(18)22(20)25-26(23)24(28)16(3)29-17(4)27/h5-10,13,16,20,23H,11-12H2,1-4H3/t16-,20-,23-/m0/s1. The Bertz CT molecular complexity index is 994. The second kappa shape index (κ2) is 7.47. The lowest BCUT2D eigenvalue weighted by Gasteiger charge is -2.30. The molecule has 2 aromatic rings. The molecule has 0 N–H and O–H groups in total. The summed E-state index contributed by atoms with van der Waals surface area (Å²) in [6.45, 7) is 7.04. The first-order valence-corrected chi connectivity index (χ1v) is 10.1. The van der Waals surface area contributed by atoms with Gasteiger partial charge in [0.15, 0.2) is 6.10 Å². The van der Waals surface area contributed by atoms with E-state index in [-0.39, 0.29) is 17.9 Å². The van der Waals surface area contributed by atoms with Crippen LogP contribution in [0.15, 0.2) is 47.6 Å². The number of rotatable bonds is 3. The van der Waals surface area contributed by atoms with Crippen LogP contribution in [-0.4, -0.2) is 28.7 Å². The molecule has 1 heterocycles. The summed E-state index contributed by atoms with van der Waals surface area (Å²) >= 11 is 0. The van der Waals surface area contributed by atoms with Crippen LogP contribution < -0.4 is 0 Å². The van der Waals surface area contributed by atoms with Gasteiger partial charge >= 0.3 is 5.97 Å². The molecule has 0 radical (unpaired) electrons. The lowest BCUT2D eigenvalue weighted by Crippen LogP contribution is -2.38. The Morgan fingerprint density at radius 1 is 1.10 bits per heavy atom. The van der Waals surface area contributed by atoms with Gasteiger partial charge in [-0.2, -0.15) is 5.10 Å². The van der Waals surface area contributed by atoms with E-state index in [2.05, 4.69) is 49.4 Å². The van der Waals surface area contributed by atoms with Crippen molar-refractivity contribution < 1.29 is 14.3 Å². The van der Waals surface area contributed by atoms with Crippen molar-refractivity contribution in [3.8, 4) is 0 Å². The van der Waals surface area contributed by atoms with Crippen LogP contribution in [0.1, 0.15) is 54.1 Å². The minimum absolute atomic E-state index is 0.125. The maximum absolute atomic E-state index is 13.2. The van der Waals surface area contributed by atoms with Crippen LogP contribution in [0.3, 0.4) is 0 Å². The Labute approximate surface area is 171 Å². The van der Waals surface area contributed by atoms with E-state index in [1.807, 2.05) is 6.92 Å². The maximum atomic E-state index is 13.2. The molecule has 5 heteroatoms. The first-order chi connectivity index (χ1) is 13.8. The Morgan fingerprint density at radius 3 is 2.48 bits per heavy atom. The van der Waals surface area contributed by atoms with Crippen LogP contribution in [-0.2, 0) is 20.7 Å². The molecule has 0 fully saturated rings. The van der Waals surface area contributed by atoms with Crippen LogP contribution in [0.4, 0.5) is 0 Å². The van der Waals surface area contributed by atoms with Gasteiger partial charge in [0.2, 0.25) is 0 Å². The third-order valence-corrected chi connectivity index (χ3v) is 5.81. The number of benzene rings is 2. The minimum Gasteiger partial charge on any atom is -0.453 e. The van der Waals surface area contributed by atoms with Gasteiger partial charge in [-0.3, -0.25) is 9.59 Å². The smallest absolute Gasteiger partial charge is 0.303 e. The van der Waals surface area contributed by atoms with Crippen LogP contribution >= 0.6 is 0 Å². The monoisotopic (exact) mass is 390 g/mol. The average molecular weight is 390 g/mol. The number of fused-ring (bicyclic) bond motifs is 3. The predicted octanol–water partition coefficient (Wildman–Crippen LogP) is 4.11. The first kappa shape index (κ1) is 19.4. The zero-order valence-electron chi connectivity index (χ0n) is 17.3. The summed E-state index contributed by atoms with van der Waals surface area (Å²) in [6.07, 6.45) is 1.02. The average Bonchev–Trinajstić information content (AvgIpc) is 3.07. The normalized spacial score (nSPS) is 21.1. The van der Waals surface area contributed by atoms with Crippen LogP contribution in [0.2, 0.25) is 0 Å². The highest BCUT2D eigenvalue weighted by Crippen LogP contribution is 2.43. The van der Waals surface area contributed by atoms with Gasteiger partial charge in [-0.15, -0.1) is 0 Å². The van der Waals surface area contributed by atoms with Crippen LogP contribution in [0.25, 0.3) is 0 Å². The second-order valence-electron chi connectivity index (χ2n) is 8.08. The number of hydrazone groups is 1. The molecular formula is C24H26N2O3. The van der Waals surface area contributed by atoms with Gasteiger partial charge < -0.3 is 4.74 Å². The lowest BCUT2D eigenvalue weighted by atomic mass is 9.77. The minimum atomic E-state index is -0.873. The fraction of sp³-hybridized carbons (Fsp3) is 0.375. The Kier molecular flexibility index (Phi) is 4.99. The molecule has 0 saturated heterocycles. The summed E-state index contributed by atoms with van der Waals surface area (Å²) in [5, 5.41) is 6.36. The van der Waals surface area contributed by atoms with Crippen molar-refractivity contribution in [3.05, 3.63) is 70.3 Å². The zero-order valence-corrected chi connectivity index (χ0v) is 17.3. The van der Waals surface area contributed by atoms with Gasteiger partial charge in [0.25, 0.3) is 5.91 Å². The number of amides is 1. The van der Waals surface area contributed by atoms with E-state index in [4.69, 9.17) is 9.84 Å². The van der Waals surface area contributed by atoms with Gasteiger partial charge in [0, 0.05) is 18.4 Å².